The summed E-state index contributed by atoms with van der Waals surface area (Å²) in [6.07, 6.45) is -0.833. The van der Waals surface area contributed by atoms with Crippen molar-refractivity contribution < 1.29 is 24.2 Å². The molecule has 4 rings (SSSR count). The molecule has 0 bridgehead atoms. The fraction of sp³-hybridized carbons (Fsp3) is 0.125. The van der Waals surface area contributed by atoms with E-state index in [4.69, 9.17) is 4.74 Å². The standard InChI is InChI=1S/C24H20N2O5S/c1-15-23(28)26(19-12-11-16(24(29)30)13-20(19)31-15)14-22(27)25-18-9-5-6-10-21(18)32-17-7-3-2-4-8-17/h2-13,15H,14H2,1H3,(H,25,27)(H,29,30). The molecule has 0 spiro atoms. The summed E-state index contributed by atoms with van der Waals surface area (Å²) in [4.78, 5) is 40.1. The molecule has 0 aromatic heterocycles. The van der Waals surface area contributed by atoms with Gasteiger partial charge >= 0.3 is 5.97 Å². The van der Waals surface area contributed by atoms with E-state index in [1.165, 1.54) is 34.9 Å². The highest BCUT2D eigenvalue weighted by molar-refractivity contribution is 7.99. The molecular weight excluding hydrogens is 428 g/mol. The third-order valence-electron chi connectivity index (χ3n) is 4.85. The summed E-state index contributed by atoms with van der Waals surface area (Å²) in [5.41, 5.74) is 1.04. The smallest absolute Gasteiger partial charge is 0.335 e. The largest absolute Gasteiger partial charge is 0.479 e. The van der Waals surface area contributed by atoms with Crippen molar-refractivity contribution in [2.75, 3.05) is 16.8 Å². The topological polar surface area (TPSA) is 95.9 Å². The number of ether oxygens (including phenoxy) is 1. The van der Waals surface area contributed by atoms with Crippen molar-refractivity contribution in [3.8, 4) is 5.75 Å². The van der Waals surface area contributed by atoms with E-state index in [0.717, 1.165) is 9.79 Å². The van der Waals surface area contributed by atoms with Gasteiger partial charge in [0.2, 0.25) is 5.91 Å². The Kier molecular flexibility index (Phi) is 6.13. The lowest BCUT2D eigenvalue weighted by Gasteiger charge is -2.32. The number of hydrogen-bond donors (Lipinski definition) is 2. The average molecular weight is 449 g/mol. The molecule has 0 radical (unpaired) electrons. The van der Waals surface area contributed by atoms with E-state index in [0.29, 0.717) is 11.4 Å². The number of aromatic carboxylic acids is 1. The number of carboxylic acid groups (broad SMARTS) is 1. The van der Waals surface area contributed by atoms with Gasteiger partial charge in [-0.15, -0.1) is 0 Å². The average Bonchev–Trinajstić information content (AvgIpc) is 2.78. The molecule has 32 heavy (non-hydrogen) atoms. The molecule has 2 N–H and O–H groups in total. The molecular formula is C24H20N2O5S. The van der Waals surface area contributed by atoms with Gasteiger partial charge in [0.25, 0.3) is 5.91 Å². The molecule has 7 nitrogen and oxygen atoms in total. The summed E-state index contributed by atoms with van der Waals surface area (Å²) in [6, 6.07) is 21.5. The van der Waals surface area contributed by atoms with Gasteiger partial charge in [-0.25, -0.2) is 4.79 Å². The molecule has 0 fully saturated rings. The second-order valence-corrected chi connectivity index (χ2v) is 8.25. The Bertz CT molecular complexity index is 1180. The van der Waals surface area contributed by atoms with Crippen LogP contribution in [0.25, 0.3) is 0 Å². The van der Waals surface area contributed by atoms with Gasteiger partial charge in [0, 0.05) is 9.79 Å². The van der Waals surface area contributed by atoms with E-state index in [-0.39, 0.29) is 29.7 Å². The zero-order valence-corrected chi connectivity index (χ0v) is 18.0. The number of benzene rings is 3. The third-order valence-corrected chi connectivity index (χ3v) is 5.93. The van der Waals surface area contributed by atoms with E-state index in [2.05, 4.69) is 5.32 Å². The molecule has 1 aliphatic heterocycles. The molecule has 1 atom stereocenters. The second kappa shape index (κ2) is 9.15. The van der Waals surface area contributed by atoms with Crippen LogP contribution in [0.1, 0.15) is 17.3 Å². The highest BCUT2D eigenvalue weighted by Gasteiger charge is 2.33. The van der Waals surface area contributed by atoms with Crippen molar-refractivity contribution in [3.05, 3.63) is 78.4 Å². The Morgan fingerprint density at radius 2 is 1.78 bits per heavy atom. The number of carbonyl (C=O) groups is 3. The Morgan fingerprint density at radius 3 is 2.53 bits per heavy atom. The summed E-state index contributed by atoms with van der Waals surface area (Å²) in [5.74, 6) is -1.59. The van der Waals surface area contributed by atoms with Crippen molar-refractivity contribution in [2.45, 2.75) is 22.8 Å². The Hall–Kier alpha value is -3.78. The Balaban J connectivity index is 1.54. The summed E-state index contributed by atoms with van der Waals surface area (Å²) < 4.78 is 5.56. The number of hydrogen-bond acceptors (Lipinski definition) is 5. The first-order valence-electron chi connectivity index (χ1n) is 9.89. The molecule has 1 aliphatic rings. The zero-order chi connectivity index (χ0) is 22.7. The van der Waals surface area contributed by atoms with Crippen LogP contribution >= 0.6 is 11.8 Å². The number of rotatable bonds is 6. The first-order chi connectivity index (χ1) is 15.4. The minimum Gasteiger partial charge on any atom is -0.479 e. The maximum absolute atomic E-state index is 12.9. The highest BCUT2D eigenvalue weighted by atomic mass is 32.2. The molecule has 1 unspecified atom stereocenters. The van der Waals surface area contributed by atoms with Gasteiger partial charge in [0.05, 0.1) is 16.9 Å². The monoisotopic (exact) mass is 448 g/mol. The molecule has 2 amide bonds. The van der Waals surface area contributed by atoms with Gasteiger partial charge in [0.1, 0.15) is 12.3 Å². The van der Waals surface area contributed by atoms with Gasteiger partial charge in [-0.2, -0.15) is 0 Å². The van der Waals surface area contributed by atoms with Crippen LogP contribution in [0.4, 0.5) is 11.4 Å². The number of fused-ring (bicyclic) bond motifs is 1. The summed E-state index contributed by atoms with van der Waals surface area (Å²) in [5, 5.41) is 12.1. The van der Waals surface area contributed by atoms with Crippen LogP contribution in [0.15, 0.2) is 82.6 Å². The van der Waals surface area contributed by atoms with Crippen molar-refractivity contribution in [1.29, 1.82) is 0 Å². The number of nitrogens with zero attached hydrogens (tertiary/aromatic N) is 1. The predicted octanol–water partition coefficient (Wildman–Crippen LogP) is 4.29. The molecule has 0 saturated heterocycles. The molecule has 3 aromatic carbocycles. The maximum atomic E-state index is 12.9. The molecule has 0 saturated carbocycles. The molecule has 0 aliphatic carbocycles. The highest BCUT2D eigenvalue weighted by Crippen LogP contribution is 2.36. The Morgan fingerprint density at radius 1 is 1.06 bits per heavy atom. The van der Waals surface area contributed by atoms with Gasteiger partial charge in [-0.1, -0.05) is 42.1 Å². The number of nitrogens with one attached hydrogen (secondary N) is 1. The van der Waals surface area contributed by atoms with Crippen molar-refractivity contribution in [3.63, 3.8) is 0 Å². The fourth-order valence-corrected chi connectivity index (χ4v) is 4.24. The van der Waals surface area contributed by atoms with Crippen molar-refractivity contribution >= 4 is 40.9 Å². The first-order valence-corrected chi connectivity index (χ1v) is 10.7. The van der Waals surface area contributed by atoms with Crippen molar-refractivity contribution in [2.24, 2.45) is 0 Å². The van der Waals surface area contributed by atoms with E-state index >= 15 is 0 Å². The normalized spacial score (nSPS) is 15.0. The van der Waals surface area contributed by atoms with Crippen LogP contribution in [0.3, 0.4) is 0 Å². The summed E-state index contributed by atoms with van der Waals surface area (Å²) in [6.45, 7) is 1.34. The van der Waals surface area contributed by atoms with Crippen LogP contribution in [0.2, 0.25) is 0 Å². The SMILES string of the molecule is CC1Oc2cc(C(=O)O)ccc2N(CC(=O)Nc2ccccc2Sc2ccccc2)C1=O. The molecule has 8 heteroatoms. The molecule has 3 aromatic rings. The minimum atomic E-state index is -1.10. The number of para-hydroxylation sites is 1. The van der Waals surface area contributed by atoms with Crippen LogP contribution in [0.5, 0.6) is 5.75 Å². The van der Waals surface area contributed by atoms with Gasteiger partial charge < -0.3 is 15.2 Å². The lowest BCUT2D eigenvalue weighted by molar-refractivity contribution is -0.127. The zero-order valence-electron chi connectivity index (χ0n) is 17.1. The number of carboxylic acids is 1. The van der Waals surface area contributed by atoms with Crippen LogP contribution in [-0.4, -0.2) is 35.5 Å². The number of carbonyl (C=O) groups excluding carboxylic acids is 2. The number of amides is 2. The maximum Gasteiger partial charge on any atom is 0.335 e. The van der Waals surface area contributed by atoms with Crippen LogP contribution in [0, 0.1) is 0 Å². The van der Waals surface area contributed by atoms with E-state index in [1.807, 2.05) is 48.5 Å². The summed E-state index contributed by atoms with van der Waals surface area (Å²) >= 11 is 1.53. The van der Waals surface area contributed by atoms with Crippen LogP contribution < -0.4 is 15.0 Å². The second-order valence-electron chi connectivity index (χ2n) is 7.13. The number of anilines is 2. The van der Waals surface area contributed by atoms with Gasteiger partial charge in [0.15, 0.2) is 6.10 Å². The van der Waals surface area contributed by atoms with Crippen LogP contribution in [-0.2, 0) is 9.59 Å². The van der Waals surface area contributed by atoms with E-state index < -0.39 is 12.1 Å². The fourth-order valence-electron chi connectivity index (χ4n) is 3.31. The predicted molar refractivity (Wildman–Crippen MR) is 121 cm³/mol. The quantitative estimate of drug-likeness (QED) is 0.584. The lowest BCUT2D eigenvalue weighted by atomic mass is 10.1. The molecule has 1 heterocycles. The minimum absolute atomic E-state index is 0.0431. The Labute approximate surface area is 189 Å². The lowest BCUT2D eigenvalue weighted by Crippen LogP contribution is -2.47. The molecule has 162 valence electrons. The van der Waals surface area contributed by atoms with Gasteiger partial charge in [-0.05, 0) is 49.4 Å². The van der Waals surface area contributed by atoms with Crippen molar-refractivity contribution in [1.82, 2.24) is 0 Å². The van der Waals surface area contributed by atoms with E-state index in [9.17, 15) is 19.5 Å². The summed E-state index contributed by atoms with van der Waals surface area (Å²) in [7, 11) is 0. The first kappa shape index (κ1) is 21.5. The third kappa shape index (κ3) is 4.60. The van der Waals surface area contributed by atoms with E-state index in [1.54, 1.807) is 13.0 Å². The van der Waals surface area contributed by atoms with Gasteiger partial charge in [-0.3, -0.25) is 14.5 Å².